The third kappa shape index (κ3) is 4.22. The van der Waals surface area contributed by atoms with E-state index in [0.717, 1.165) is 5.56 Å². The molecule has 1 N–H and O–H groups in total. The summed E-state index contributed by atoms with van der Waals surface area (Å²) in [7, 11) is 1.59. The predicted octanol–water partition coefficient (Wildman–Crippen LogP) is 4.23. The van der Waals surface area contributed by atoms with E-state index in [1.807, 2.05) is 19.9 Å². The number of methoxy groups -OCH3 is 1. The van der Waals surface area contributed by atoms with Gasteiger partial charge in [0.2, 0.25) is 0 Å². The number of rotatable bonds is 6. The molecule has 0 aliphatic carbocycles. The molecule has 1 unspecified atom stereocenters. The molecule has 3 heterocycles. The van der Waals surface area contributed by atoms with Crippen LogP contribution >= 0.6 is 0 Å². The molecule has 33 heavy (non-hydrogen) atoms. The molecule has 1 aliphatic rings. The number of ketones is 1. The molecule has 1 atom stereocenters. The van der Waals surface area contributed by atoms with Crippen molar-refractivity contribution in [1.82, 2.24) is 14.9 Å². The van der Waals surface area contributed by atoms with Crippen molar-refractivity contribution in [3.8, 4) is 5.75 Å². The van der Waals surface area contributed by atoms with Crippen LogP contribution in [-0.4, -0.2) is 38.8 Å². The number of carbonyl (C=O) groups is 2. The summed E-state index contributed by atoms with van der Waals surface area (Å²) >= 11 is 0. The number of nitrogens with zero attached hydrogens (tertiary/aromatic N) is 3. The Morgan fingerprint density at radius 3 is 2.48 bits per heavy atom. The van der Waals surface area contributed by atoms with Gasteiger partial charge in [-0.25, -0.2) is 0 Å². The second-order valence-electron chi connectivity index (χ2n) is 8.14. The van der Waals surface area contributed by atoms with E-state index < -0.39 is 17.7 Å². The van der Waals surface area contributed by atoms with Crippen LogP contribution in [0.1, 0.15) is 48.2 Å². The first-order chi connectivity index (χ1) is 15.9. The largest absolute Gasteiger partial charge is 0.507 e. The first-order valence-electron chi connectivity index (χ1n) is 10.7. The number of aromatic nitrogens is 2. The number of likely N-dealkylation sites (tertiary alicyclic amines) is 1. The summed E-state index contributed by atoms with van der Waals surface area (Å²) in [6.45, 7) is 4.17. The summed E-state index contributed by atoms with van der Waals surface area (Å²) in [4.78, 5) is 36.0. The molecule has 7 nitrogen and oxygen atoms in total. The van der Waals surface area contributed by atoms with E-state index in [0.29, 0.717) is 22.6 Å². The lowest BCUT2D eigenvalue weighted by atomic mass is 9.93. The number of hydrogen-bond acceptors (Lipinski definition) is 6. The molecule has 1 saturated heterocycles. The number of ether oxygens (including phenoxy) is 1. The molecule has 2 aromatic heterocycles. The second kappa shape index (κ2) is 9.24. The molecule has 3 aromatic rings. The molecule has 1 aliphatic heterocycles. The van der Waals surface area contributed by atoms with E-state index >= 15 is 0 Å². The molecule has 7 heteroatoms. The lowest BCUT2D eigenvalue weighted by Gasteiger charge is -2.25. The van der Waals surface area contributed by atoms with Gasteiger partial charge in [-0.05, 0) is 59.5 Å². The number of aliphatic hydroxyl groups is 1. The van der Waals surface area contributed by atoms with Gasteiger partial charge in [-0.1, -0.05) is 19.9 Å². The zero-order chi connectivity index (χ0) is 23.5. The van der Waals surface area contributed by atoms with Gasteiger partial charge in [0.15, 0.2) is 0 Å². The minimum atomic E-state index is -0.764. The molecule has 1 fully saturated rings. The van der Waals surface area contributed by atoms with Gasteiger partial charge >= 0.3 is 0 Å². The van der Waals surface area contributed by atoms with Crippen LogP contribution in [0.3, 0.4) is 0 Å². The Bertz CT molecular complexity index is 1210. The Hall–Kier alpha value is -4.00. The first-order valence-corrected chi connectivity index (χ1v) is 10.7. The molecule has 1 amide bonds. The number of Topliss-reactive ketones (excluding diaryl/α,β-unsaturated/α-hetero) is 1. The second-order valence-corrected chi connectivity index (χ2v) is 8.14. The minimum Gasteiger partial charge on any atom is -0.507 e. The van der Waals surface area contributed by atoms with E-state index in [4.69, 9.17) is 4.74 Å². The van der Waals surface area contributed by atoms with Crippen molar-refractivity contribution in [3.63, 3.8) is 0 Å². The summed E-state index contributed by atoms with van der Waals surface area (Å²) in [5, 5.41) is 11.3. The van der Waals surface area contributed by atoms with Crippen LogP contribution in [0, 0.1) is 0 Å². The van der Waals surface area contributed by atoms with Crippen molar-refractivity contribution in [2.24, 2.45) is 0 Å². The number of aliphatic hydroxyl groups excluding tert-OH is 1. The Kier molecular flexibility index (Phi) is 6.22. The normalized spacial score (nSPS) is 17.6. The van der Waals surface area contributed by atoms with Crippen LogP contribution in [0.15, 0.2) is 72.7 Å². The van der Waals surface area contributed by atoms with Crippen molar-refractivity contribution < 1.29 is 19.4 Å². The van der Waals surface area contributed by atoms with Crippen LogP contribution in [0.4, 0.5) is 0 Å². The Morgan fingerprint density at radius 1 is 1.09 bits per heavy atom. The van der Waals surface area contributed by atoms with Gasteiger partial charge in [0.05, 0.1) is 31.0 Å². The van der Waals surface area contributed by atoms with E-state index in [1.165, 1.54) is 4.90 Å². The summed E-state index contributed by atoms with van der Waals surface area (Å²) in [6, 6.07) is 13.4. The number of hydrogen-bond donors (Lipinski definition) is 1. The topological polar surface area (TPSA) is 92.6 Å². The lowest BCUT2D eigenvalue weighted by molar-refractivity contribution is -0.140. The highest BCUT2D eigenvalue weighted by molar-refractivity contribution is 6.46. The van der Waals surface area contributed by atoms with Crippen molar-refractivity contribution >= 4 is 17.4 Å². The highest BCUT2D eigenvalue weighted by atomic mass is 16.5. The smallest absolute Gasteiger partial charge is 0.296 e. The van der Waals surface area contributed by atoms with Crippen molar-refractivity contribution in [3.05, 3.63) is 95.1 Å². The average molecular weight is 444 g/mol. The summed E-state index contributed by atoms with van der Waals surface area (Å²) in [5.74, 6) is -0.796. The van der Waals surface area contributed by atoms with Gasteiger partial charge in [-0.2, -0.15) is 0 Å². The molecule has 0 saturated carbocycles. The van der Waals surface area contributed by atoms with E-state index in [9.17, 15) is 14.7 Å². The summed E-state index contributed by atoms with van der Waals surface area (Å²) in [5.41, 5.74) is 2.71. The van der Waals surface area contributed by atoms with Crippen molar-refractivity contribution in [2.45, 2.75) is 32.4 Å². The summed E-state index contributed by atoms with van der Waals surface area (Å²) in [6.07, 6.45) is 4.83. The highest BCUT2D eigenvalue weighted by Gasteiger charge is 2.46. The third-order valence-electron chi connectivity index (χ3n) is 5.75. The zero-order valence-electron chi connectivity index (χ0n) is 18.7. The molecule has 0 spiro atoms. The van der Waals surface area contributed by atoms with Crippen LogP contribution < -0.4 is 4.74 Å². The van der Waals surface area contributed by atoms with Crippen LogP contribution in [0.25, 0.3) is 5.76 Å². The Balaban J connectivity index is 1.86. The molecular weight excluding hydrogens is 418 g/mol. The van der Waals surface area contributed by atoms with Gasteiger partial charge in [0.1, 0.15) is 11.5 Å². The standard InChI is InChI=1S/C26H25N3O4/c1-16(2)20-14-18(7-8-21(20)33-3)24(30)22-23(17-9-12-27-13-10-17)29(26(32)25(22)31)15-19-6-4-5-11-28-19/h4-14,16,23,30H,15H2,1-3H3/b24-22-. The number of carbonyl (C=O) groups excluding carboxylic acids is 2. The first kappa shape index (κ1) is 22.2. The maximum absolute atomic E-state index is 13.2. The van der Waals surface area contributed by atoms with Gasteiger partial charge in [-0.15, -0.1) is 0 Å². The fraction of sp³-hybridized carbons (Fsp3) is 0.231. The van der Waals surface area contributed by atoms with E-state index in [-0.39, 0.29) is 23.8 Å². The van der Waals surface area contributed by atoms with Crippen LogP contribution in [0.2, 0.25) is 0 Å². The molecule has 0 bridgehead atoms. The molecule has 4 rings (SSSR count). The van der Waals surface area contributed by atoms with Crippen molar-refractivity contribution in [2.75, 3.05) is 7.11 Å². The predicted molar refractivity (Wildman–Crippen MR) is 123 cm³/mol. The highest BCUT2D eigenvalue weighted by Crippen LogP contribution is 2.40. The van der Waals surface area contributed by atoms with Crippen LogP contribution in [-0.2, 0) is 16.1 Å². The fourth-order valence-corrected chi connectivity index (χ4v) is 4.09. The fourth-order valence-electron chi connectivity index (χ4n) is 4.09. The van der Waals surface area contributed by atoms with Crippen molar-refractivity contribution in [1.29, 1.82) is 0 Å². The molecule has 168 valence electrons. The third-order valence-corrected chi connectivity index (χ3v) is 5.75. The van der Waals surface area contributed by atoms with Crippen LogP contribution in [0.5, 0.6) is 5.75 Å². The maximum atomic E-state index is 13.2. The monoisotopic (exact) mass is 443 g/mol. The lowest BCUT2D eigenvalue weighted by Crippen LogP contribution is -2.29. The summed E-state index contributed by atoms with van der Waals surface area (Å²) < 4.78 is 5.44. The minimum absolute atomic E-state index is 0.0435. The molecule has 0 radical (unpaired) electrons. The Morgan fingerprint density at radius 2 is 1.85 bits per heavy atom. The van der Waals surface area contributed by atoms with E-state index in [2.05, 4.69) is 9.97 Å². The van der Waals surface area contributed by atoms with Gasteiger partial charge in [-0.3, -0.25) is 19.6 Å². The zero-order valence-corrected chi connectivity index (χ0v) is 18.7. The van der Waals surface area contributed by atoms with Gasteiger partial charge in [0.25, 0.3) is 11.7 Å². The number of amides is 1. The maximum Gasteiger partial charge on any atom is 0.296 e. The van der Waals surface area contributed by atoms with E-state index in [1.54, 1.807) is 68.2 Å². The van der Waals surface area contributed by atoms with Gasteiger partial charge < -0.3 is 14.7 Å². The number of pyridine rings is 2. The molecular formula is C26H25N3O4. The quantitative estimate of drug-likeness (QED) is 0.348. The average Bonchev–Trinajstić information content (AvgIpc) is 3.09. The van der Waals surface area contributed by atoms with Gasteiger partial charge in [0, 0.05) is 24.2 Å². The SMILES string of the molecule is COc1ccc(/C(O)=C2/C(=O)C(=O)N(Cc3ccccn3)C2c2ccncc2)cc1C(C)C. The molecule has 1 aromatic carbocycles. The number of benzene rings is 1. The Labute approximate surface area is 192 Å².